The third kappa shape index (κ3) is 2.97. The van der Waals surface area contributed by atoms with Crippen LogP contribution in [0.5, 0.6) is 0 Å². The molecule has 104 valence electrons. The molecule has 1 saturated carbocycles. The lowest BCUT2D eigenvalue weighted by molar-refractivity contribution is 0.0527. The fourth-order valence-corrected chi connectivity index (χ4v) is 2.15. The molecule has 0 aliphatic heterocycles. The Kier molecular flexibility index (Phi) is 3.64. The molecule has 1 aromatic rings. The first-order valence-corrected chi connectivity index (χ1v) is 6.61. The number of anilines is 2. The summed E-state index contributed by atoms with van der Waals surface area (Å²) in [5.74, 6) is 0.797. The molecule has 19 heavy (non-hydrogen) atoms. The van der Waals surface area contributed by atoms with Crippen molar-refractivity contribution in [3.05, 3.63) is 17.8 Å². The molecule has 1 atom stereocenters. The molecule has 1 aliphatic carbocycles. The number of hydrogen-bond donors (Lipinski definition) is 2. The van der Waals surface area contributed by atoms with Crippen LogP contribution in [0.15, 0.2) is 12.3 Å². The maximum atomic E-state index is 11.7. The second kappa shape index (κ2) is 5.07. The number of aromatic nitrogens is 1. The summed E-state index contributed by atoms with van der Waals surface area (Å²) in [7, 11) is 0. The number of nitrogens with two attached hydrogens (primary N) is 1. The van der Waals surface area contributed by atoms with Gasteiger partial charge in [0.25, 0.3) is 0 Å². The van der Waals surface area contributed by atoms with E-state index in [4.69, 9.17) is 10.5 Å². The van der Waals surface area contributed by atoms with Crippen LogP contribution in [0.25, 0.3) is 0 Å². The van der Waals surface area contributed by atoms with Gasteiger partial charge < -0.3 is 15.8 Å². The number of ether oxygens (including phenoxy) is 1. The zero-order chi connectivity index (χ0) is 14.0. The zero-order valence-corrected chi connectivity index (χ0v) is 11.7. The van der Waals surface area contributed by atoms with Crippen molar-refractivity contribution in [1.29, 1.82) is 0 Å². The molecule has 0 radical (unpaired) electrons. The summed E-state index contributed by atoms with van der Waals surface area (Å²) in [6, 6.07) is 1.58. The monoisotopic (exact) mass is 263 g/mol. The SMILES string of the molecule is CCOC(=O)c1ccnc(NCC2CC2(C)C)c1N. The number of esters is 1. The third-order valence-corrected chi connectivity index (χ3v) is 3.72. The van der Waals surface area contributed by atoms with Crippen molar-refractivity contribution in [2.45, 2.75) is 27.2 Å². The van der Waals surface area contributed by atoms with Crippen molar-refractivity contribution >= 4 is 17.5 Å². The Morgan fingerprint density at radius 1 is 1.63 bits per heavy atom. The van der Waals surface area contributed by atoms with Crippen molar-refractivity contribution < 1.29 is 9.53 Å². The number of carbonyl (C=O) groups excluding carboxylic acids is 1. The van der Waals surface area contributed by atoms with E-state index in [9.17, 15) is 4.79 Å². The van der Waals surface area contributed by atoms with Gasteiger partial charge in [-0.3, -0.25) is 0 Å². The van der Waals surface area contributed by atoms with E-state index in [0.29, 0.717) is 35.0 Å². The first-order valence-electron chi connectivity index (χ1n) is 6.61. The minimum absolute atomic E-state index is 0.333. The molecule has 1 heterocycles. The lowest BCUT2D eigenvalue weighted by Crippen LogP contribution is -2.14. The highest BCUT2D eigenvalue weighted by Gasteiger charge is 2.45. The number of nitrogens with one attached hydrogen (secondary N) is 1. The van der Waals surface area contributed by atoms with Crippen LogP contribution in [-0.2, 0) is 4.74 Å². The highest BCUT2D eigenvalue weighted by atomic mass is 16.5. The Morgan fingerprint density at radius 3 is 2.89 bits per heavy atom. The van der Waals surface area contributed by atoms with Gasteiger partial charge in [0.05, 0.1) is 17.9 Å². The quantitative estimate of drug-likeness (QED) is 0.797. The maximum Gasteiger partial charge on any atom is 0.340 e. The van der Waals surface area contributed by atoms with Crippen molar-refractivity contribution in [1.82, 2.24) is 4.98 Å². The fraction of sp³-hybridized carbons (Fsp3) is 0.571. The molecule has 0 aromatic carbocycles. The fourth-order valence-electron chi connectivity index (χ4n) is 2.15. The zero-order valence-electron chi connectivity index (χ0n) is 11.7. The molecule has 1 unspecified atom stereocenters. The van der Waals surface area contributed by atoms with Crippen molar-refractivity contribution in [3.8, 4) is 0 Å². The molecule has 1 aliphatic rings. The van der Waals surface area contributed by atoms with E-state index in [-0.39, 0.29) is 0 Å². The first-order chi connectivity index (χ1) is 8.95. The van der Waals surface area contributed by atoms with Gasteiger partial charge in [0.15, 0.2) is 0 Å². The molecule has 0 bridgehead atoms. The van der Waals surface area contributed by atoms with Gasteiger partial charge in [-0.15, -0.1) is 0 Å². The Morgan fingerprint density at radius 2 is 2.32 bits per heavy atom. The van der Waals surface area contributed by atoms with Crippen molar-refractivity contribution in [2.75, 3.05) is 24.2 Å². The number of pyridine rings is 1. The molecule has 5 heteroatoms. The van der Waals surface area contributed by atoms with E-state index in [0.717, 1.165) is 6.54 Å². The summed E-state index contributed by atoms with van der Waals surface area (Å²) in [6.07, 6.45) is 2.78. The summed E-state index contributed by atoms with van der Waals surface area (Å²) in [5, 5.41) is 3.22. The molecule has 2 rings (SSSR count). The second-order valence-electron chi connectivity index (χ2n) is 5.61. The summed E-state index contributed by atoms with van der Waals surface area (Å²) in [4.78, 5) is 15.9. The van der Waals surface area contributed by atoms with E-state index in [1.54, 1.807) is 19.2 Å². The Balaban J connectivity index is 2.05. The van der Waals surface area contributed by atoms with Gasteiger partial charge in [-0.1, -0.05) is 13.8 Å². The van der Waals surface area contributed by atoms with Gasteiger partial charge in [-0.25, -0.2) is 9.78 Å². The van der Waals surface area contributed by atoms with Crippen molar-refractivity contribution in [3.63, 3.8) is 0 Å². The standard InChI is InChI=1S/C14H21N3O2/c1-4-19-13(18)10-5-6-16-12(11(10)15)17-8-9-7-14(9,2)3/h5-6,9H,4,7-8,15H2,1-3H3,(H,16,17). The van der Waals surface area contributed by atoms with Crippen LogP contribution >= 0.6 is 0 Å². The van der Waals surface area contributed by atoms with Gasteiger partial charge in [-0.05, 0) is 30.7 Å². The Hall–Kier alpha value is -1.78. The van der Waals surface area contributed by atoms with Crippen LogP contribution in [-0.4, -0.2) is 24.1 Å². The van der Waals surface area contributed by atoms with Gasteiger partial charge >= 0.3 is 5.97 Å². The van der Waals surface area contributed by atoms with Gasteiger partial charge in [0.1, 0.15) is 5.82 Å². The van der Waals surface area contributed by atoms with Crippen LogP contribution in [0.2, 0.25) is 0 Å². The third-order valence-electron chi connectivity index (χ3n) is 3.72. The van der Waals surface area contributed by atoms with Crippen LogP contribution < -0.4 is 11.1 Å². The molecular formula is C14H21N3O2. The van der Waals surface area contributed by atoms with Crippen LogP contribution in [0.3, 0.4) is 0 Å². The Labute approximate surface area is 113 Å². The average Bonchev–Trinajstić information content (AvgIpc) is 2.96. The number of nitrogens with zero attached hydrogens (tertiary/aromatic N) is 1. The molecule has 5 nitrogen and oxygen atoms in total. The molecular weight excluding hydrogens is 242 g/mol. The molecule has 0 saturated heterocycles. The largest absolute Gasteiger partial charge is 0.462 e. The number of hydrogen-bond acceptors (Lipinski definition) is 5. The van der Waals surface area contributed by atoms with Gasteiger partial charge in [0, 0.05) is 12.7 Å². The van der Waals surface area contributed by atoms with Gasteiger partial charge in [0.2, 0.25) is 0 Å². The van der Waals surface area contributed by atoms with E-state index in [2.05, 4.69) is 24.1 Å². The summed E-state index contributed by atoms with van der Waals surface area (Å²) >= 11 is 0. The topological polar surface area (TPSA) is 77.2 Å². The minimum Gasteiger partial charge on any atom is -0.462 e. The first kappa shape index (κ1) is 13.6. The molecule has 1 aromatic heterocycles. The summed E-state index contributed by atoms with van der Waals surface area (Å²) in [6.45, 7) is 7.41. The predicted octanol–water partition coefficient (Wildman–Crippen LogP) is 2.30. The minimum atomic E-state index is -0.405. The molecule has 3 N–H and O–H groups in total. The number of carbonyl (C=O) groups is 1. The highest BCUT2D eigenvalue weighted by Crippen LogP contribution is 2.51. The predicted molar refractivity (Wildman–Crippen MR) is 75.0 cm³/mol. The highest BCUT2D eigenvalue weighted by molar-refractivity contribution is 5.97. The van der Waals surface area contributed by atoms with Crippen LogP contribution in [0.1, 0.15) is 37.6 Å². The maximum absolute atomic E-state index is 11.7. The molecule has 1 fully saturated rings. The van der Waals surface area contributed by atoms with E-state index < -0.39 is 5.97 Å². The molecule has 0 spiro atoms. The lowest BCUT2D eigenvalue weighted by Gasteiger charge is -2.11. The van der Waals surface area contributed by atoms with E-state index >= 15 is 0 Å². The number of rotatable bonds is 5. The Bertz CT molecular complexity index is 486. The molecule has 0 amide bonds. The van der Waals surface area contributed by atoms with Gasteiger partial charge in [-0.2, -0.15) is 0 Å². The average molecular weight is 263 g/mol. The summed E-state index contributed by atoms with van der Waals surface area (Å²) < 4.78 is 4.96. The normalized spacial score (nSPS) is 19.8. The smallest absolute Gasteiger partial charge is 0.340 e. The van der Waals surface area contributed by atoms with Crippen LogP contribution in [0, 0.1) is 11.3 Å². The number of nitrogen functional groups attached to an aromatic ring is 1. The summed E-state index contributed by atoms with van der Waals surface area (Å²) in [5.41, 5.74) is 7.10. The second-order valence-corrected chi connectivity index (χ2v) is 5.61. The van der Waals surface area contributed by atoms with E-state index in [1.165, 1.54) is 6.42 Å². The van der Waals surface area contributed by atoms with Crippen molar-refractivity contribution in [2.24, 2.45) is 11.3 Å². The lowest BCUT2D eigenvalue weighted by atomic mass is 10.1. The van der Waals surface area contributed by atoms with Crippen LogP contribution in [0.4, 0.5) is 11.5 Å². The van der Waals surface area contributed by atoms with E-state index in [1.807, 2.05) is 0 Å².